The van der Waals surface area contributed by atoms with Gasteiger partial charge in [-0.1, -0.05) is 0 Å². The fourth-order valence-electron chi connectivity index (χ4n) is 1.83. The van der Waals surface area contributed by atoms with E-state index in [4.69, 9.17) is 0 Å². The molecule has 5 nitrogen and oxygen atoms in total. The Morgan fingerprint density at radius 1 is 1.32 bits per heavy atom. The van der Waals surface area contributed by atoms with Crippen molar-refractivity contribution in [2.45, 2.75) is 20.0 Å². The molecule has 3 rings (SSSR count). The molecule has 0 amide bonds. The lowest BCUT2D eigenvalue weighted by Gasteiger charge is -2.03. The Hall–Kier alpha value is -1.31. The quantitative estimate of drug-likeness (QED) is 0.794. The molecule has 0 saturated carbocycles. The molecule has 7 heteroatoms. The summed E-state index contributed by atoms with van der Waals surface area (Å²) in [5, 5.41) is 6.55. The molecule has 3 aromatic heterocycles. The van der Waals surface area contributed by atoms with E-state index in [0.717, 1.165) is 39.7 Å². The zero-order valence-electron chi connectivity index (χ0n) is 10.3. The van der Waals surface area contributed by atoms with Gasteiger partial charge in [0.05, 0.1) is 18.1 Å². The van der Waals surface area contributed by atoms with Gasteiger partial charge in [0.1, 0.15) is 9.61 Å². The molecule has 19 heavy (non-hydrogen) atoms. The Morgan fingerprint density at radius 3 is 3.00 bits per heavy atom. The van der Waals surface area contributed by atoms with Gasteiger partial charge in [0.25, 0.3) is 0 Å². The first-order chi connectivity index (χ1) is 9.22. The first kappa shape index (κ1) is 12.7. The van der Waals surface area contributed by atoms with Gasteiger partial charge in [-0.05, 0) is 22.9 Å². The van der Waals surface area contributed by atoms with Crippen molar-refractivity contribution >= 4 is 32.9 Å². The number of aryl methyl sites for hydroxylation is 1. The zero-order chi connectivity index (χ0) is 13.2. The molecule has 0 fully saturated rings. The number of imidazole rings is 1. The maximum atomic E-state index is 4.42. The van der Waals surface area contributed by atoms with E-state index >= 15 is 0 Å². The number of aromatic nitrogens is 4. The van der Waals surface area contributed by atoms with Gasteiger partial charge >= 0.3 is 0 Å². The summed E-state index contributed by atoms with van der Waals surface area (Å²) in [6.45, 7) is 3.53. The van der Waals surface area contributed by atoms with Gasteiger partial charge in [-0.3, -0.25) is 4.40 Å². The maximum Gasteiger partial charge on any atom is 0.155 e. The number of nitrogens with zero attached hydrogens (tertiary/aromatic N) is 4. The van der Waals surface area contributed by atoms with Crippen molar-refractivity contribution in [3.63, 3.8) is 0 Å². The van der Waals surface area contributed by atoms with Crippen molar-refractivity contribution in [1.29, 1.82) is 0 Å². The van der Waals surface area contributed by atoms with Crippen LogP contribution in [0.15, 0.2) is 28.6 Å². The van der Waals surface area contributed by atoms with Gasteiger partial charge < -0.3 is 5.32 Å². The van der Waals surface area contributed by atoms with Gasteiger partial charge in [0.2, 0.25) is 0 Å². The molecule has 0 bridgehead atoms. The first-order valence-electron chi connectivity index (χ1n) is 5.81. The van der Waals surface area contributed by atoms with Crippen LogP contribution in [0.25, 0.3) is 5.65 Å². The molecule has 0 spiro atoms. The molecule has 0 unspecified atom stereocenters. The molecule has 3 aromatic rings. The highest BCUT2D eigenvalue weighted by atomic mass is 79.9. The topological polar surface area (TPSA) is 55.1 Å². The predicted octanol–water partition coefficient (Wildman–Crippen LogP) is 2.55. The van der Waals surface area contributed by atoms with Gasteiger partial charge in [-0.15, -0.1) is 11.3 Å². The second-order valence-electron chi connectivity index (χ2n) is 4.17. The largest absolute Gasteiger partial charge is 0.305 e. The van der Waals surface area contributed by atoms with E-state index in [2.05, 4.69) is 41.6 Å². The van der Waals surface area contributed by atoms with Gasteiger partial charge in [-0.25, -0.2) is 15.0 Å². The van der Waals surface area contributed by atoms with Crippen LogP contribution in [0.1, 0.15) is 16.4 Å². The summed E-state index contributed by atoms with van der Waals surface area (Å²) in [5.74, 6) is 0. The van der Waals surface area contributed by atoms with Crippen molar-refractivity contribution < 1.29 is 0 Å². The molecule has 0 saturated heterocycles. The number of halogens is 1. The number of thiazole rings is 1. The maximum absolute atomic E-state index is 4.42. The van der Waals surface area contributed by atoms with Crippen LogP contribution in [0.2, 0.25) is 0 Å². The molecule has 0 radical (unpaired) electrons. The smallest absolute Gasteiger partial charge is 0.155 e. The minimum absolute atomic E-state index is 0.746. The monoisotopic (exact) mass is 337 g/mol. The molecule has 0 aliphatic heterocycles. The van der Waals surface area contributed by atoms with Crippen LogP contribution in [0.5, 0.6) is 0 Å². The highest BCUT2D eigenvalue weighted by Crippen LogP contribution is 2.11. The van der Waals surface area contributed by atoms with E-state index in [-0.39, 0.29) is 0 Å². The SMILES string of the molecule is Cc1csc(CNCc2cnc3cnc(Br)cn23)n1. The number of nitrogens with one attached hydrogen (secondary N) is 1. The van der Waals surface area contributed by atoms with Crippen LogP contribution in [-0.4, -0.2) is 19.4 Å². The molecule has 0 atom stereocenters. The molecule has 3 heterocycles. The lowest BCUT2D eigenvalue weighted by Crippen LogP contribution is -2.14. The average molecular weight is 338 g/mol. The summed E-state index contributed by atoms with van der Waals surface area (Å²) in [6, 6.07) is 0. The molecule has 1 N–H and O–H groups in total. The van der Waals surface area contributed by atoms with Crippen LogP contribution in [0.3, 0.4) is 0 Å². The summed E-state index contributed by atoms with van der Waals surface area (Å²) in [6.07, 6.45) is 5.54. The Kier molecular flexibility index (Phi) is 3.58. The normalized spacial score (nSPS) is 11.3. The second kappa shape index (κ2) is 5.36. The summed E-state index contributed by atoms with van der Waals surface area (Å²) >= 11 is 5.05. The third kappa shape index (κ3) is 2.83. The third-order valence-electron chi connectivity index (χ3n) is 2.69. The van der Waals surface area contributed by atoms with Crippen LogP contribution in [0.4, 0.5) is 0 Å². The highest BCUT2D eigenvalue weighted by molar-refractivity contribution is 9.10. The molecule has 0 aliphatic rings. The van der Waals surface area contributed by atoms with E-state index in [1.165, 1.54) is 0 Å². The van der Waals surface area contributed by atoms with Gasteiger partial charge in [-0.2, -0.15) is 0 Å². The predicted molar refractivity (Wildman–Crippen MR) is 78.1 cm³/mol. The fraction of sp³-hybridized carbons (Fsp3) is 0.250. The van der Waals surface area contributed by atoms with Crippen molar-refractivity contribution in [2.75, 3.05) is 0 Å². The van der Waals surface area contributed by atoms with Crippen molar-refractivity contribution in [3.8, 4) is 0 Å². The fourth-order valence-corrected chi connectivity index (χ4v) is 2.88. The van der Waals surface area contributed by atoms with E-state index < -0.39 is 0 Å². The summed E-state index contributed by atoms with van der Waals surface area (Å²) in [5.41, 5.74) is 3.03. The highest BCUT2D eigenvalue weighted by Gasteiger charge is 2.04. The lowest BCUT2D eigenvalue weighted by molar-refractivity contribution is 0.671. The number of fused-ring (bicyclic) bond motifs is 1. The molecule has 98 valence electrons. The van der Waals surface area contributed by atoms with Crippen LogP contribution in [0, 0.1) is 6.92 Å². The Labute approximate surface area is 122 Å². The van der Waals surface area contributed by atoms with Crippen molar-refractivity contribution in [3.05, 3.63) is 45.0 Å². The number of hydrogen-bond acceptors (Lipinski definition) is 5. The van der Waals surface area contributed by atoms with Crippen LogP contribution in [-0.2, 0) is 13.1 Å². The summed E-state index contributed by atoms with van der Waals surface area (Å²) in [4.78, 5) is 12.9. The van der Waals surface area contributed by atoms with E-state index in [1.54, 1.807) is 17.5 Å². The molecular weight excluding hydrogens is 326 g/mol. The first-order valence-corrected chi connectivity index (χ1v) is 7.49. The Morgan fingerprint density at radius 2 is 2.21 bits per heavy atom. The molecule has 0 aromatic carbocycles. The van der Waals surface area contributed by atoms with E-state index in [9.17, 15) is 0 Å². The Bertz CT molecular complexity index is 705. The summed E-state index contributed by atoms with van der Waals surface area (Å²) in [7, 11) is 0. The minimum atomic E-state index is 0.746. The van der Waals surface area contributed by atoms with Gasteiger partial charge in [0.15, 0.2) is 5.65 Å². The van der Waals surface area contributed by atoms with Crippen LogP contribution < -0.4 is 5.32 Å². The second-order valence-corrected chi connectivity index (χ2v) is 5.93. The zero-order valence-corrected chi connectivity index (χ0v) is 12.7. The third-order valence-corrected chi connectivity index (χ3v) is 4.07. The van der Waals surface area contributed by atoms with E-state index in [1.807, 2.05) is 23.7 Å². The minimum Gasteiger partial charge on any atom is -0.305 e. The lowest BCUT2D eigenvalue weighted by atomic mass is 10.4. The summed E-state index contributed by atoms with van der Waals surface area (Å²) < 4.78 is 2.83. The standard InChI is InChI=1S/C12H12BrN5S/c1-8-7-19-12(17-8)5-14-2-9-3-16-11-4-15-10(13)6-18(9)11/h3-4,6-7,14H,2,5H2,1H3. The Balaban J connectivity index is 1.70. The van der Waals surface area contributed by atoms with Crippen LogP contribution >= 0.6 is 27.3 Å². The average Bonchev–Trinajstić information content (AvgIpc) is 2.97. The number of hydrogen-bond donors (Lipinski definition) is 1. The van der Waals surface area contributed by atoms with Crippen molar-refractivity contribution in [1.82, 2.24) is 24.7 Å². The van der Waals surface area contributed by atoms with Crippen molar-refractivity contribution in [2.24, 2.45) is 0 Å². The molecular formula is C12H12BrN5S. The van der Waals surface area contributed by atoms with Gasteiger partial charge in [0, 0.05) is 30.4 Å². The van der Waals surface area contributed by atoms with E-state index in [0.29, 0.717) is 0 Å². The molecule has 0 aliphatic carbocycles. The number of rotatable bonds is 4.